The molecule has 8 heteroatoms. The van der Waals surface area contributed by atoms with Gasteiger partial charge in [0.1, 0.15) is 0 Å². The second-order valence-electron chi connectivity index (χ2n) is 9.20. The second kappa shape index (κ2) is 9.25. The monoisotopic (exact) mass is 478 g/mol. The third kappa shape index (κ3) is 5.25. The van der Waals surface area contributed by atoms with Crippen LogP contribution < -0.4 is 9.44 Å². The Labute approximate surface area is 192 Å². The van der Waals surface area contributed by atoms with Gasteiger partial charge >= 0.3 is 0 Å². The third-order valence-electron chi connectivity index (χ3n) is 6.13. The largest absolute Gasteiger partial charge is 0.241 e. The first kappa shape index (κ1) is 24.9. The van der Waals surface area contributed by atoms with Crippen LogP contribution in [-0.4, -0.2) is 28.9 Å². The molecule has 2 N–H and O–H groups in total. The fourth-order valence-electron chi connectivity index (χ4n) is 5.11. The Morgan fingerprint density at radius 3 is 1.16 bits per heavy atom. The van der Waals surface area contributed by atoms with Gasteiger partial charge in [0, 0.05) is 12.1 Å². The Kier molecular flexibility index (Phi) is 7.20. The summed E-state index contributed by atoms with van der Waals surface area (Å²) in [7, 11) is -7.60. The van der Waals surface area contributed by atoms with Crippen LogP contribution in [0.1, 0.15) is 59.1 Å². The number of nitrogens with one attached hydrogen (secondary N) is 2. The molecule has 0 aliphatic heterocycles. The van der Waals surface area contributed by atoms with Crippen molar-refractivity contribution < 1.29 is 16.8 Å². The van der Waals surface area contributed by atoms with Crippen LogP contribution in [0.3, 0.4) is 0 Å². The van der Waals surface area contributed by atoms with Crippen molar-refractivity contribution in [1.82, 2.24) is 9.44 Å². The van der Waals surface area contributed by atoms with E-state index in [2.05, 4.69) is 9.44 Å². The summed E-state index contributed by atoms with van der Waals surface area (Å²) in [5.74, 6) is 0. The molecule has 1 aliphatic carbocycles. The fourth-order valence-corrected chi connectivity index (χ4v) is 8.64. The molecular weight excluding hydrogens is 444 g/mol. The van der Waals surface area contributed by atoms with Crippen LogP contribution >= 0.6 is 0 Å². The van der Waals surface area contributed by atoms with E-state index in [9.17, 15) is 16.8 Å². The number of aryl methyl sites for hydroxylation is 6. The predicted molar refractivity (Wildman–Crippen MR) is 128 cm³/mol. The minimum Gasteiger partial charge on any atom is -0.207 e. The molecule has 0 amide bonds. The van der Waals surface area contributed by atoms with Crippen molar-refractivity contribution in [3.8, 4) is 0 Å². The average Bonchev–Trinajstić information content (AvgIpc) is 2.60. The molecule has 0 heterocycles. The lowest BCUT2D eigenvalue weighted by Gasteiger charge is -2.33. The lowest BCUT2D eigenvalue weighted by atomic mass is 9.92. The van der Waals surface area contributed by atoms with E-state index >= 15 is 0 Å². The van der Waals surface area contributed by atoms with Crippen molar-refractivity contribution in [2.75, 3.05) is 0 Å². The van der Waals surface area contributed by atoms with Crippen LogP contribution in [0.15, 0.2) is 34.1 Å². The molecule has 0 spiro atoms. The van der Waals surface area contributed by atoms with E-state index in [1.54, 1.807) is 27.7 Å². The molecule has 0 unspecified atom stereocenters. The first-order chi connectivity index (χ1) is 14.8. The number of hydrogen-bond donors (Lipinski definition) is 2. The molecule has 1 saturated carbocycles. The van der Waals surface area contributed by atoms with E-state index < -0.39 is 32.1 Å². The maximum atomic E-state index is 13.3. The standard InChI is InChI=1S/C24H34N2O4S2/c1-15-11-17(3)23(18(4)12-15)31(27,28)25-21-9-7-8-10-22(21)26-32(29,30)24-19(5)13-16(2)14-20(24)6/h11-14,21-22,25-26H,7-10H2,1-6H3/t21-,22-/m1/s1. The van der Waals surface area contributed by atoms with Gasteiger partial charge in [0.05, 0.1) is 9.79 Å². The molecule has 32 heavy (non-hydrogen) atoms. The lowest BCUT2D eigenvalue weighted by molar-refractivity contribution is 0.340. The van der Waals surface area contributed by atoms with Crippen LogP contribution in [0, 0.1) is 41.5 Å². The number of benzene rings is 2. The molecule has 1 aliphatic rings. The summed E-state index contributed by atoms with van der Waals surface area (Å²) in [4.78, 5) is 0.556. The van der Waals surface area contributed by atoms with Gasteiger partial charge in [-0.3, -0.25) is 0 Å². The SMILES string of the molecule is Cc1cc(C)c(S(=O)(=O)N[C@@H]2CCCC[C@H]2NS(=O)(=O)c2c(C)cc(C)cc2C)c(C)c1. The van der Waals surface area contributed by atoms with Gasteiger partial charge in [-0.1, -0.05) is 48.2 Å². The Bertz CT molecular complexity index is 1090. The van der Waals surface area contributed by atoms with Gasteiger partial charge < -0.3 is 0 Å². The van der Waals surface area contributed by atoms with Gasteiger partial charge in [-0.15, -0.1) is 0 Å². The van der Waals surface area contributed by atoms with Gasteiger partial charge in [0.2, 0.25) is 20.0 Å². The van der Waals surface area contributed by atoms with Gasteiger partial charge in [0.25, 0.3) is 0 Å². The van der Waals surface area contributed by atoms with E-state index in [4.69, 9.17) is 0 Å². The highest BCUT2D eigenvalue weighted by atomic mass is 32.2. The second-order valence-corrected chi connectivity index (χ2v) is 12.5. The molecule has 3 rings (SSSR count). The molecular formula is C24H34N2O4S2. The van der Waals surface area contributed by atoms with E-state index in [1.165, 1.54) is 0 Å². The summed E-state index contributed by atoms with van der Waals surface area (Å²) in [5.41, 5.74) is 4.77. The van der Waals surface area contributed by atoms with Gasteiger partial charge in [-0.2, -0.15) is 0 Å². The van der Waals surface area contributed by atoms with Crippen molar-refractivity contribution in [3.63, 3.8) is 0 Å². The quantitative estimate of drug-likeness (QED) is 0.654. The normalized spacial score (nSPS) is 19.8. The highest BCUT2D eigenvalue weighted by molar-refractivity contribution is 7.90. The molecule has 0 saturated heterocycles. The Hall–Kier alpha value is -1.74. The molecule has 2 atom stereocenters. The van der Waals surface area contributed by atoms with Gasteiger partial charge in [-0.05, 0) is 76.6 Å². The molecule has 6 nitrogen and oxygen atoms in total. The van der Waals surface area contributed by atoms with Crippen molar-refractivity contribution in [2.45, 2.75) is 89.1 Å². The summed E-state index contributed by atoms with van der Waals surface area (Å²) in [5, 5.41) is 0. The molecule has 0 radical (unpaired) electrons. The summed E-state index contributed by atoms with van der Waals surface area (Å²) in [6.45, 7) is 11.0. The zero-order valence-corrected chi connectivity index (χ0v) is 21.4. The molecule has 2 aromatic carbocycles. The smallest absolute Gasteiger partial charge is 0.207 e. The minimum atomic E-state index is -3.80. The summed E-state index contributed by atoms with van der Waals surface area (Å²) >= 11 is 0. The van der Waals surface area contributed by atoms with Crippen LogP contribution in [0.5, 0.6) is 0 Å². The topological polar surface area (TPSA) is 92.3 Å². The lowest BCUT2D eigenvalue weighted by Crippen LogP contribution is -2.53. The zero-order chi connectivity index (χ0) is 23.8. The minimum absolute atomic E-state index is 0.278. The maximum Gasteiger partial charge on any atom is 0.241 e. The van der Waals surface area contributed by atoms with Crippen LogP contribution in [0.2, 0.25) is 0 Å². The Morgan fingerprint density at radius 2 is 0.875 bits per heavy atom. The molecule has 1 fully saturated rings. The number of rotatable bonds is 6. The molecule has 0 bridgehead atoms. The number of sulfonamides is 2. The Morgan fingerprint density at radius 1 is 0.594 bits per heavy atom. The van der Waals surface area contributed by atoms with Gasteiger partial charge in [-0.25, -0.2) is 26.3 Å². The van der Waals surface area contributed by atoms with Crippen molar-refractivity contribution in [3.05, 3.63) is 57.6 Å². The first-order valence-corrected chi connectivity index (χ1v) is 14.0. The van der Waals surface area contributed by atoms with Crippen molar-refractivity contribution in [1.29, 1.82) is 0 Å². The molecule has 0 aromatic heterocycles. The van der Waals surface area contributed by atoms with E-state index in [1.807, 2.05) is 38.1 Å². The zero-order valence-electron chi connectivity index (χ0n) is 19.7. The maximum absolute atomic E-state index is 13.3. The Balaban J connectivity index is 1.90. The molecule has 176 valence electrons. The summed E-state index contributed by atoms with van der Waals surface area (Å²) < 4.78 is 58.8. The average molecular weight is 479 g/mol. The van der Waals surface area contributed by atoms with E-state index in [0.29, 0.717) is 35.1 Å². The van der Waals surface area contributed by atoms with Crippen molar-refractivity contribution in [2.24, 2.45) is 0 Å². The first-order valence-electron chi connectivity index (χ1n) is 11.0. The fraction of sp³-hybridized carbons (Fsp3) is 0.500. The van der Waals surface area contributed by atoms with Crippen LogP contribution in [0.4, 0.5) is 0 Å². The third-order valence-corrected chi connectivity index (χ3v) is 9.71. The van der Waals surface area contributed by atoms with Gasteiger partial charge in [0.15, 0.2) is 0 Å². The van der Waals surface area contributed by atoms with E-state index in [-0.39, 0.29) is 9.79 Å². The summed E-state index contributed by atoms with van der Waals surface area (Å²) in [6, 6.07) is 6.40. The highest BCUT2D eigenvalue weighted by Crippen LogP contribution is 2.27. The highest BCUT2D eigenvalue weighted by Gasteiger charge is 2.34. The summed E-state index contributed by atoms with van der Waals surface area (Å²) in [6.07, 6.45) is 2.87. The molecule has 2 aromatic rings. The number of hydrogen-bond acceptors (Lipinski definition) is 4. The van der Waals surface area contributed by atoms with Crippen LogP contribution in [0.25, 0.3) is 0 Å². The predicted octanol–water partition coefficient (Wildman–Crippen LogP) is 4.11. The van der Waals surface area contributed by atoms with E-state index in [0.717, 1.165) is 24.0 Å². The van der Waals surface area contributed by atoms with Crippen molar-refractivity contribution >= 4 is 20.0 Å². The van der Waals surface area contributed by atoms with Crippen LogP contribution in [-0.2, 0) is 20.0 Å².